The minimum Gasteiger partial charge on any atom is -0.394 e. The van der Waals surface area contributed by atoms with Crippen LogP contribution in [-0.4, -0.2) is 34.1 Å². The Morgan fingerprint density at radius 3 is 2.12 bits per heavy atom. The van der Waals surface area contributed by atoms with Crippen LogP contribution in [0.25, 0.3) is 0 Å². The summed E-state index contributed by atoms with van der Waals surface area (Å²) in [5.41, 5.74) is 5.87. The molecule has 0 aromatic heterocycles. The minimum absolute atomic E-state index is 0.0199. The minimum atomic E-state index is -2.52. The number of allylic oxidation sites excluding steroid dienone is 1. The molecule has 1 atom stereocenters. The molecule has 0 rings (SSSR count). The van der Waals surface area contributed by atoms with E-state index in [-0.39, 0.29) is 11.3 Å². The summed E-state index contributed by atoms with van der Waals surface area (Å²) in [4.78, 5) is 12.1. The summed E-state index contributed by atoms with van der Waals surface area (Å²) >= 11 is 0. The van der Waals surface area contributed by atoms with Crippen LogP contribution in [0, 0.1) is 0 Å². The molecule has 2 N–H and O–H groups in total. The summed E-state index contributed by atoms with van der Waals surface area (Å²) in [6, 6.07) is 0. The lowest BCUT2D eigenvalue weighted by molar-refractivity contribution is -0.116. The maximum atomic E-state index is 12.1. The van der Waals surface area contributed by atoms with Gasteiger partial charge in [0.2, 0.25) is 0 Å². The molecule has 0 aliphatic heterocycles. The first kappa shape index (κ1) is 16.5. The van der Waals surface area contributed by atoms with Gasteiger partial charge in [-0.2, -0.15) is 0 Å². The number of Topliss-reactive ketones (excluding diaryl/α,β-unsaturated/α-hetero) is 1. The highest BCUT2D eigenvalue weighted by atomic mass is 28.4. The van der Waals surface area contributed by atoms with Crippen molar-refractivity contribution < 1.29 is 13.6 Å². The SMILES string of the molecule is C=C(C)C(=O)C(CCN)[Si](C)(OCC)OCC. The van der Waals surface area contributed by atoms with Gasteiger partial charge in [0.1, 0.15) is 0 Å². The van der Waals surface area contributed by atoms with Crippen LogP contribution in [0.4, 0.5) is 0 Å². The van der Waals surface area contributed by atoms with Crippen LogP contribution in [-0.2, 0) is 13.6 Å². The van der Waals surface area contributed by atoms with Gasteiger partial charge in [-0.15, -0.1) is 0 Å². The van der Waals surface area contributed by atoms with E-state index in [0.29, 0.717) is 31.8 Å². The first-order chi connectivity index (χ1) is 7.92. The fourth-order valence-electron chi connectivity index (χ4n) is 1.91. The monoisotopic (exact) mass is 259 g/mol. The van der Waals surface area contributed by atoms with Crippen LogP contribution in [0.1, 0.15) is 27.2 Å². The molecular formula is C12H25NO3Si. The first-order valence-corrected chi connectivity index (χ1v) is 8.50. The molecule has 0 fully saturated rings. The Labute approximate surface area is 105 Å². The molecule has 0 amide bonds. The van der Waals surface area contributed by atoms with Crippen molar-refractivity contribution in [1.29, 1.82) is 0 Å². The third kappa shape index (κ3) is 4.71. The molecule has 17 heavy (non-hydrogen) atoms. The van der Waals surface area contributed by atoms with Gasteiger partial charge in [-0.05, 0) is 45.9 Å². The third-order valence-electron chi connectivity index (χ3n) is 2.69. The molecule has 0 aromatic rings. The average Bonchev–Trinajstić information content (AvgIpc) is 2.25. The lowest BCUT2D eigenvalue weighted by Gasteiger charge is -2.33. The molecule has 0 saturated heterocycles. The van der Waals surface area contributed by atoms with Crippen molar-refractivity contribution in [3.8, 4) is 0 Å². The molecule has 0 aliphatic carbocycles. The zero-order valence-electron chi connectivity index (χ0n) is 11.4. The van der Waals surface area contributed by atoms with Crippen LogP contribution in [0.5, 0.6) is 0 Å². The lowest BCUT2D eigenvalue weighted by Crippen LogP contribution is -2.47. The van der Waals surface area contributed by atoms with Gasteiger partial charge in [-0.25, -0.2) is 0 Å². The smallest absolute Gasteiger partial charge is 0.346 e. The van der Waals surface area contributed by atoms with Gasteiger partial charge in [-0.3, -0.25) is 4.79 Å². The summed E-state index contributed by atoms with van der Waals surface area (Å²) in [5, 5.41) is 0. The normalized spacial score (nSPS) is 13.5. The standard InChI is InChI=1S/C12H25NO3Si/c1-6-15-17(5,16-7-2)11(8-9-13)12(14)10(3)4/h11H,3,6-9,13H2,1-2,4-5H3. The Morgan fingerprint density at radius 2 is 1.82 bits per heavy atom. The molecule has 100 valence electrons. The summed E-state index contributed by atoms with van der Waals surface area (Å²) in [5.74, 6) is 0.0199. The predicted molar refractivity (Wildman–Crippen MR) is 72.1 cm³/mol. The van der Waals surface area contributed by atoms with Crippen LogP contribution < -0.4 is 5.73 Å². The maximum absolute atomic E-state index is 12.1. The van der Waals surface area contributed by atoms with E-state index in [9.17, 15) is 4.79 Å². The Bertz CT molecular complexity index is 262. The number of carbonyl (C=O) groups is 1. The number of ketones is 1. The molecular weight excluding hydrogens is 234 g/mol. The lowest BCUT2D eigenvalue weighted by atomic mass is 10.1. The predicted octanol–water partition coefficient (Wildman–Crippen LogP) is 2.00. The van der Waals surface area contributed by atoms with Gasteiger partial charge in [0.25, 0.3) is 0 Å². The summed E-state index contributed by atoms with van der Waals surface area (Å²) in [6.45, 7) is 12.7. The molecule has 0 saturated carbocycles. The molecule has 0 heterocycles. The molecule has 5 heteroatoms. The van der Waals surface area contributed by atoms with Crippen molar-refractivity contribution in [2.45, 2.75) is 39.3 Å². The van der Waals surface area contributed by atoms with E-state index in [2.05, 4.69) is 6.58 Å². The van der Waals surface area contributed by atoms with Crippen molar-refractivity contribution in [2.24, 2.45) is 5.73 Å². The second-order valence-electron chi connectivity index (χ2n) is 4.16. The second kappa shape index (κ2) is 7.76. The largest absolute Gasteiger partial charge is 0.394 e. The van der Waals surface area contributed by atoms with E-state index in [1.807, 2.05) is 20.4 Å². The zero-order valence-corrected chi connectivity index (χ0v) is 12.4. The molecule has 0 spiro atoms. The molecule has 0 aliphatic rings. The fraction of sp³-hybridized carbons (Fsp3) is 0.750. The Balaban J connectivity index is 5.07. The topological polar surface area (TPSA) is 61.6 Å². The van der Waals surface area contributed by atoms with E-state index in [1.165, 1.54) is 0 Å². The van der Waals surface area contributed by atoms with Crippen molar-refractivity contribution in [3.05, 3.63) is 12.2 Å². The third-order valence-corrected chi connectivity index (χ3v) is 6.23. The van der Waals surface area contributed by atoms with Gasteiger partial charge in [-0.1, -0.05) is 6.58 Å². The van der Waals surface area contributed by atoms with Crippen LogP contribution in [0.15, 0.2) is 12.2 Å². The Kier molecular flexibility index (Phi) is 7.54. The highest BCUT2D eigenvalue weighted by Gasteiger charge is 2.44. The van der Waals surface area contributed by atoms with Crippen molar-refractivity contribution in [3.63, 3.8) is 0 Å². The van der Waals surface area contributed by atoms with Crippen LogP contribution in [0.3, 0.4) is 0 Å². The average molecular weight is 259 g/mol. The van der Waals surface area contributed by atoms with Gasteiger partial charge >= 0.3 is 8.56 Å². The molecule has 0 aromatic carbocycles. The molecule has 0 bridgehead atoms. The van der Waals surface area contributed by atoms with Crippen molar-refractivity contribution in [1.82, 2.24) is 0 Å². The Hall–Kier alpha value is -0.493. The molecule has 0 radical (unpaired) electrons. The zero-order chi connectivity index (χ0) is 13.5. The van der Waals surface area contributed by atoms with Gasteiger partial charge in [0.15, 0.2) is 5.78 Å². The fourth-order valence-corrected chi connectivity index (χ4v) is 4.96. The van der Waals surface area contributed by atoms with E-state index >= 15 is 0 Å². The number of rotatable bonds is 9. The quantitative estimate of drug-likeness (QED) is 0.508. The van der Waals surface area contributed by atoms with Gasteiger partial charge in [0.05, 0.1) is 5.54 Å². The molecule has 1 unspecified atom stereocenters. The number of hydrogen-bond acceptors (Lipinski definition) is 4. The maximum Gasteiger partial charge on any atom is 0.346 e. The van der Waals surface area contributed by atoms with Crippen molar-refractivity contribution in [2.75, 3.05) is 19.8 Å². The van der Waals surface area contributed by atoms with Crippen molar-refractivity contribution >= 4 is 14.3 Å². The first-order valence-electron chi connectivity index (χ1n) is 6.10. The number of nitrogens with two attached hydrogens (primary N) is 1. The summed E-state index contributed by atoms with van der Waals surface area (Å²) in [7, 11) is -2.52. The van der Waals surface area contributed by atoms with Crippen LogP contribution in [0.2, 0.25) is 12.1 Å². The van der Waals surface area contributed by atoms with Gasteiger partial charge < -0.3 is 14.6 Å². The second-order valence-corrected chi connectivity index (χ2v) is 7.46. The number of hydrogen-bond donors (Lipinski definition) is 1. The molecule has 4 nitrogen and oxygen atoms in total. The summed E-state index contributed by atoms with van der Waals surface area (Å²) in [6.07, 6.45) is 0.592. The van der Waals surface area contributed by atoms with Gasteiger partial charge in [0, 0.05) is 13.2 Å². The number of carbonyl (C=O) groups excluding carboxylic acids is 1. The van der Waals surface area contributed by atoms with E-state index in [4.69, 9.17) is 14.6 Å². The van der Waals surface area contributed by atoms with Crippen LogP contribution >= 0.6 is 0 Å². The highest BCUT2D eigenvalue weighted by molar-refractivity contribution is 6.71. The summed E-state index contributed by atoms with van der Waals surface area (Å²) < 4.78 is 11.5. The highest BCUT2D eigenvalue weighted by Crippen LogP contribution is 2.30. The van der Waals surface area contributed by atoms with E-state index < -0.39 is 8.56 Å². The van der Waals surface area contributed by atoms with E-state index in [0.717, 1.165) is 0 Å². The van der Waals surface area contributed by atoms with E-state index in [1.54, 1.807) is 6.92 Å². The Morgan fingerprint density at radius 1 is 1.35 bits per heavy atom.